The molecule has 0 radical (unpaired) electrons. The molecule has 3 rings (SSSR count). The van der Waals surface area contributed by atoms with Crippen molar-refractivity contribution in [1.82, 2.24) is 9.55 Å². The molecule has 130 valence electrons. The molecule has 0 aliphatic rings. The maximum Gasteiger partial charge on any atom is 0.335 e. The third kappa shape index (κ3) is 3.80. The molecule has 25 heavy (non-hydrogen) atoms. The number of carboxylic acids is 1. The van der Waals surface area contributed by atoms with Gasteiger partial charge in [0, 0.05) is 13.0 Å². The molecule has 4 nitrogen and oxygen atoms in total. The second-order valence-electron chi connectivity index (χ2n) is 5.97. The molecule has 1 heterocycles. The third-order valence-electron chi connectivity index (χ3n) is 4.16. The first-order chi connectivity index (χ1) is 12.0. The van der Waals surface area contributed by atoms with E-state index in [2.05, 4.69) is 11.5 Å². The van der Waals surface area contributed by atoms with Crippen LogP contribution in [0.4, 0.5) is 0 Å². The molecule has 0 aliphatic heterocycles. The minimum Gasteiger partial charge on any atom is -0.478 e. The summed E-state index contributed by atoms with van der Waals surface area (Å²) in [7, 11) is 0. The third-order valence-corrected chi connectivity index (χ3v) is 4.89. The number of hydrogen-bond donors (Lipinski definition) is 1. The zero-order valence-electron chi connectivity index (χ0n) is 13.8. The lowest BCUT2D eigenvalue weighted by Gasteiger charge is -2.10. The number of carbonyl (C=O) groups is 1. The highest BCUT2D eigenvalue weighted by Gasteiger charge is 2.13. The summed E-state index contributed by atoms with van der Waals surface area (Å²) < 4.78 is 2.13. The van der Waals surface area contributed by atoms with E-state index in [1.54, 1.807) is 18.2 Å². The summed E-state index contributed by atoms with van der Waals surface area (Å²) in [5.41, 5.74) is 3.04. The number of aromatic nitrogens is 2. The Bertz CT molecular complexity index is 917. The van der Waals surface area contributed by atoms with Gasteiger partial charge in [-0.3, -0.25) is 0 Å². The zero-order chi connectivity index (χ0) is 18.0. The van der Waals surface area contributed by atoms with Crippen molar-refractivity contribution in [2.24, 2.45) is 0 Å². The summed E-state index contributed by atoms with van der Waals surface area (Å²) in [5.74, 6) is 0.0576. The highest BCUT2D eigenvalue weighted by molar-refractivity contribution is 6.42. The number of aromatic carboxylic acids is 1. The van der Waals surface area contributed by atoms with Crippen molar-refractivity contribution < 1.29 is 9.90 Å². The fraction of sp³-hybridized carbons (Fsp3) is 0.263. The lowest BCUT2D eigenvalue weighted by molar-refractivity contribution is 0.0697. The smallest absolute Gasteiger partial charge is 0.335 e. The van der Waals surface area contributed by atoms with Gasteiger partial charge in [0.05, 0.1) is 26.6 Å². The highest BCUT2D eigenvalue weighted by atomic mass is 35.5. The number of carboxylic acid groups (broad SMARTS) is 1. The molecule has 0 fully saturated rings. The molecule has 1 N–H and O–H groups in total. The SMILES string of the molecule is CCCCc1nc2cc(Cl)c(Cl)cc2n1Cc1ccc(C(=O)O)cc1. The van der Waals surface area contributed by atoms with E-state index < -0.39 is 5.97 Å². The van der Waals surface area contributed by atoms with Crippen molar-refractivity contribution in [3.05, 3.63) is 63.4 Å². The van der Waals surface area contributed by atoms with Gasteiger partial charge in [0.2, 0.25) is 0 Å². The fourth-order valence-electron chi connectivity index (χ4n) is 2.81. The molecule has 0 saturated heterocycles. The molecular formula is C19H18Cl2N2O2. The normalized spacial score (nSPS) is 11.2. The standard InChI is InChI=1S/C19H18Cl2N2O2/c1-2-3-4-18-22-16-9-14(20)15(21)10-17(16)23(18)11-12-5-7-13(8-6-12)19(24)25/h5-10H,2-4,11H2,1H3,(H,24,25). The Morgan fingerprint density at radius 2 is 1.84 bits per heavy atom. The van der Waals surface area contributed by atoms with E-state index in [0.717, 1.165) is 41.7 Å². The van der Waals surface area contributed by atoms with Gasteiger partial charge in [-0.25, -0.2) is 9.78 Å². The first-order valence-electron chi connectivity index (χ1n) is 8.16. The molecule has 2 aromatic carbocycles. The van der Waals surface area contributed by atoms with Crippen LogP contribution in [0.3, 0.4) is 0 Å². The molecule has 0 amide bonds. The van der Waals surface area contributed by atoms with Crippen LogP contribution in [0, 0.1) is 0 Å². The number of imidazole rings is 1. The van der Waals surface area contributed by atoms with Crippen LogP contribution in [0.25, 0.3) is 11.0 Å². The van der Waals surface area contributed by atoms with E-state index in [1.807, 2.05) is 18.2 Å². The zero-order valence-corrected chi connectivity index (χ0v) is 15.3. The number of rotatable bonds is 6. The van der Waals surface area contributed by atoms with Crippen LogP contribution < -0.4 is 0 Å². The Balaban J connectivity index is 2.02. The van der Waals surface area contributed by atoms with E-state index in [-0.39, 0.29) is 5.56 Å². The molecule has 0 spiro atoms. The van der Waals surface area contributed by atoms with Crippen LogP contribution in [0.2, 0.25) is 10.0 Å². The number of halogens is 2. The molecule has 0 atom stereocenters. The molecule has 0 aliphatic carbocycles. The Morgan fingerprint density at radius 1 is 1.16 bits per heavy atom. The van der Waals surface area contributed by atoms with Crippen molar-refractivity contribution in [1.29, 1.82) is 0 Å². The molecule has 3 aromatic rings. The van der Waals surface area contributed by atoms with E-state index in [9.17, 15) is 4.79 Å². The predicted molar refractivity (Wildman–Crippen MR) is 101 cm³/mol. The van der Waals surface area contributed by atoms with Crippen molar-refractivity contribution >= 4 is 40.2 Å². The molecule has 1 aromatic heterocycles. The maximum atomic E-state index is 11.0. The highest BCUT2D eigenvalue weighted by Crippen LogP contribution is 2.29. The van der Waals surface area contributed by atoms with Gasteiger partial charge in [-0.05, 0) is 36.2 Å². The lowest BCUT2D eigenvalue weighted by Crippen LogP contribution is -2.06. The van der Waals surface area contributed by atoms with Gasteiger partial charge in [0.15, 0.2) is 0 Å². The summed E-state index contributed by atoms with van der Waals surface area (Å²) >= 11 is 12.3. The van der Waals surface area contributed by atoms with Crippen LogP contribution in [-0.2, 0) is 13.0 Å². The first kappa shape index (κ1) is 17.8. The van der Waals surface area contributed by atoms with Crippen molar-refractivity contribution in [3.63, 3.8) is 0 Å². The number of hydrogen-bond acceptors (Lipinski definition) is 2. The monoisotopic (exact) mass is 376 g/mol. The van der Waals surface area contributed by atoms with Crippen LogP contribution in [0.5, 0.6) is 0 Å². The Labute approximate surface area is 156 Å². The Morgan fingerprint density at radius 3 is 2.48 bits per heavy atom. The minimum absolute atomic E-state index is 0.278. The second kappa shape index (κ2) is 7.46. The van der Waals surface area contributed by atoms with Crippen molar-refractivity contribution in [2.45, 2.75) is 32.7 Å². The molecule has 0 unspecified atom stereocenters. The largest absolute Gasteiger partial charge is 0.478 e. The predicted octanol–water partition coefficient (Wildman–Crippen LogP) is 5.43. The minimum atomic E-state index is -0.926. The van der Waals surface area contributed by atoms with E-state index in [1.165, 1.54) is 0 Å². The molecule has 0 saturated carbocycles. The second-order valence-corrected chi connectivity index (χ2v) is 6.79. The van der Waals surface area contributed by atoms with Gasteiger partial charge in [-0.15, -0.1) is 0 Å². The molecular weight excluding hydrogens is 359 g/mol. The number of aryl methyl sites for hydroxylation is 1. The number of benzene rings is 2. The summed E-state index contributed by atoms with van der Waals surface area (Å²) in [6, 6.07) is 10.5. The van der Waals surface area contributed by atoms with Gasteiger partial charge in [-0.1, -0.05) is 48.7 Å². The summed E-state index contributed by atoms with van der Waals surface area (Å²) in [4.78, 5) is 15.7. The van der Waals surface area contributed by atoms with Crippen LogP contribution in [-0.4, -0.2) is 20.6 Å². The van der Waals surface area contributed by atoms with Gasteiger partial charge in [0.1, 0.15) is 5.82 Å². The van der Waals surface area contributed by atoms with E-state index >= 15 is 0 Å². The topological polar surface area (TPSA) is 55.1 Å². The average molecular weight is 377 g/mol. The van der Waals surface area contributed by atoms with E-state index in [4.69, 9.17) is 33.3 Å². The Kier molecular flexibility index (Phi) is 5.30. The quantitative estimate of drug-likeness (QED) is 0.623. The van der Waals surface area contributed by atoms with Gasteiger partial charge in [0.25, 0.3) is 0 Å². The summed E-state index contributed by atoms with van der Waals surface area (Å²) in [5, 5.41) is 10.0. The van der Waals surface area contributed by atoms with Gasteiger partial charge in [-0.2, -0.15) is 0 Å². The van der Waals surface area contributed by atoms with Crippen LogP contribution in [0.15, 0.2) is 36.4 Å². The summed E-state index contributed by atoms with van der Waals surface area (Å²) in [6.07, 6.45) is 2.99. The van der Waals surface area contributed by atoms with Gasteiger partial charge < -0.3 is 9.67 Å². The summed E-state index contributed by atoms with van der Waals surface area (Å²) in [6.45, 7) is 2.75. The van der Waals surface area contributed by atoms with Gasteiger partial charge >= 0.3 is 5.97 Å². The number of nitrogens with zero attached hydrogens (tertiary/aromatic N) is 2. The lowest BCUT2D eigenvalue weighted by atomic mass is 10.1. The van der Waals surface area contributed by atoms with Crippen molar-refractivity contribution in [3.8, 4) is 0 Å². The average Bonchev–Trinajstić information content (AvgIpc) is 2.90. The fourth-order valence-corrected chi connectivity index (χ4v) is 3.12. The van der Waals surface area contributed by atoms with E-state index in [0.29, 0.717) is 16.6 Å². The van der Waals surface area contributed by atoms with Crippen LogP contribution in [0.1, 0.15) is 41.5 Å². The van der Waals surface area contributed by atoms with Crippen LogP contribution >= 0.6 is 23.2 Å². The number of fused-ring (bicyclic) bond motifs is 1. The maximum absolute atomic E-state index is 11.0. The first-order valence-corrected chi connectivity index (χ1v) is 8.91. The Hall–Kier alpha value is -2.04. The molecule has 0 bridgehead atoms. The molecule has 6 heteroatoms. The number of unbranched alkanes of at least 4 members (excludes halogenated alkanes) is 1. The van der Waals surface area contributed by atoms with Crippen molar-refractivity contribution in [2.75, 3.05) is 0 Å².